The molecule has 0 fully saturated rings. The highest BCUT2D eigenvalue weighted by Gasteiger charge is 2.28. The molecule has 0 spiro atoms. The second kappa shape index (κ2) is 9.05. The van der Waals surface area contributed by atoms with Crippen molar-refractivity contribution >= 4 is 16.6 Å². The van der Waals surface area contributed by atoms with Crippen LogP contribution in [-0.2, 0) is 0 Å². The van der Waals surface area contributed by atoms with Gasteiger partial charge in [0.05, 0.1) is 14.2 Å². The number of rotatable bonds is 7. The van der Waals surface area contributed by atoms with E-state index in [1.54, 1.807) is 14.2 Å². The Kier molecular flexibility index (Phi) is 6.03. The molecule has 0 N–H and O–H groups in total. The van der Waals surface area contributed by atoms with E-state index in [1.165, 1.54) is 0 Å². The Bertz CT molecular complexity index is 1160. The number of Topliss-reactive ketones (excluding diaryl/α,β-unsaturated/α-hetero) is 1. The maximum Gasteiger partial charge on any atom is 0.166 e. The van der Waals surface area contributed by atoms with Crippen molar-refractivity contribution in [3.63, 3.8) is 0 Å². The highest BCUT2D eigenvalue weighted by Crippen LogP contribution is 2.37. The van der Waals surface area contributed by atoms with E-state index in [2.05, 4.69) is 18.2 Å². The molecular formula is C28H26O3. The summed E-state index contributed by atoms with van der Waals surface area (Å²) in [6.07, 6.45) is 0. The van der Waals surface area contributed by atoms with Crippen molar-refractivity contribution in [2.24, 2.45) is 5.92 Å². The minimum atomic E-state index is -0.277. The minimum absolute atomic E-state index is 0.112. The van der Waals surface area contributed by atoms with Crippen LogP contribution in [0.5, 0.6) is 11.5 Å². The molecule has 0 bridgehead atoms. The highest BCUT2D eigenvalue weighted by atomic mass is 16.5. The summed E-state index contributed by atoms with van der Waals surface area (Å²) in [6.45, 7) is 2.00. The summed E-state index contributed by atoms with van der Waals surface area (Å²) >= 11 is 0. The number of hydrogen-bond donors (Lipinski definition) is 0. The Hall–Kier alpha value is -3.59. The summed E-state index contributed by atoms with van der Waals surface area (Å²) < 4.78 is 10.9. The maximum absolute atomic E-state index is 13.6. The number of benzene rings is 4. The summed E-state index contributed by atoms with van der Waals surface area (Å²) in [5, 5.41) is 2.20. The van der Waals surface area contributed by atoms with Gasteiger partial charge < -0.3 is 9.47 Å². The number of hydrogen-bond acceptors (Lipinski definition) is 3. The van der Waals surface area contributed by atoms with Gasteiger partial charge >= 0.3 is 0 Å². The maximum atomic E-state index is 13.6. The molecule has 4 aromatic carbocycles. The van der Waals surface area contributed by atoms with Crippen LogP contribution in [0.1, 0.15) is 34.3 Å². The fourth-order valence-electron chi connectivity index (χ4n) is 4.20. The molecule has 1 unspecified atom stereocenters. The molecule has 31 heavy (non-hydrogen) atoms. The second-order valence-corrected chi connectivity index (χ2v) is 7.75. The first-order chi connectivity index (χ1) is 15.1. The van der Waals surface area contributed by atoms with Crippen LogP contribution in [0.15, 0.2) is 91.0 Å². The van der Waals surface area contributed by atoms with Crippen molar-refractivity contribution in [2.45, 2.75) is 12.8 Å². The van der Waals surface area contributed by atoms with Gasteiger partial charge in [0, 0.05) is 17.4 Å². The van der Waals surface area contributed by atoms with Crippen LogP contribution >= 0.6 is 0 Å². The largest absolute Gasteiger partial charge is 0.497 e. The second-order valence-electron chi connectivity index (χ2n) is 7.75. The van der Waals surface area contributed by atoms with Crippen LogP contribution in [0, 0.1) is 5.92 Å². The molecule has 0 aliphatic heterocycles. The number of carbonyl (C=O) groups is 1. The van der Waals surface area contributed by atoms with Crippen molar-refractivity contribution in [2.75, 3.05) is 14.2 Å². The van der Waals surface area contributed by atoms with Gasteiger partial charge in [-0.1, -0.05) is 67.6 Å². The number of fused-ring (bicyclic) bond motifs is 1. The number of ketones is 1. The van der Waals surface area contributed by atoms with Gasteiger partial charge in [0.25, 0.3) is 0 Å². The zero-order valence-corrected chi connectivity index (χ0v) is 18.0. The van der Waals surface area contributed by atoms with Crippen molar-refractivity contribution in [1.82, 2.24) is 0 Å². The first-order valence-electron chi connectivity index (χ1n) is 10.4. The third-order valence-electron chi connectivity index (χ3n) is 5.85. The molecule has 4 aromatic rings. The van der Waals surface area contributed by atoms with Gasteiger partial charge in [0.15, 0.2) is 5.78 Å². The summed E-state index contributed by atoms with van der Waals surface area (Å²) in [5.74, 6) is 1.25. The quantitative estimate of drug-likeness (QED) is 0.326. The molecule has 3 nitrogen and oxygen atoms in total. The van der Waals surface area contributed by atoms with Crippen LogP contribution < -0.4 is 9.47 Å². The Morgan fingerprint density at radius 2 is 1.26 bits per heavy atom. The Balaban J connectivity index is 1.78. The fourth-order valence-corrected chi connectivity index (χ4v) is 4.20. The average molecular weight is 411 g/mol. The molecule has 0 heterocycles. The van der Waals surface area contributed by atoms with E-state index >= 15 is 0 Å². The van der Waals surface area contributed by atoms with E-state index in [0.29, 0.717) is 0 Å². The number of methoxy groups -OCH3 is 2. The molecule has 3 heteroatoms. The fraction of sp³-hybridized carbons (Fsp3) is 0.179. The van der Waals surface area contributed by atoms with Crippen LogP contribution in [0.25, 0.3) is 10.8 Å². The normalized spacial score (nSPS) is 12.0. The van der Waals surface area contributed by atoms with Gasteiger partial charge in [-0.3, -0.25) is 4.79 Å². The van der Waals surface area contributed by atoms with E-state index in [9.17, 15) is 4.79 Å². The molecule has 0 saturated heterocycles. The summed E-state index contributed by atoms with van der Waals surface area (Å²) in [7, 11) is 3.31. The van der Waals surface area contributed by atoms with Crippen LogP contribution in [-0.4, -0.2) is 20.0 Å². The van der Waals surface area contributed by atoms with E-state index < -0.39 is 0 Å². The Morgan fingerprint density at radius 1 is 0.677 bits per heavy atom. The zero-order chi connectivity index (χ0) is 21.8. The number of carbonyl (C=O) groups excluding carboxylic acids is 1. The van der Waals surface area contributed by atoms with Crippen molar-refractivity contribution in [1.29, 1.82) is 0 Å². The standard InChI is InChI=1S/C28H26O3/c1-19(28(29)24-15-14-20-8-4-5-9-21(20)16-24)27(22-10-6-12-25(17-22)30-2)23-11-7-13-26(18-23)31-3/h4-19,27H,1-3H3. The van der Waals surface area contributed by atoms with Crippen LogP contribution in [0.2, 0.25) is 0 Å². The smallest absolute Gasteiger partial charge is 0.166 e. The number of ether oxygens (including phenoxy) is 2. The van der Waals surface area contributed by atoms with E-state index in [-0.39, 0.29) is 17.6 Å². The lowest BCUT2D eigenvalue weighted by molar-refractivity contribution is 0.0919. The van der Waals surface area contributed by atoms with Gasteiger partial charge in [0.2, 0.25) is 0 Å². The van der Waals surface area contributed by atoms with Gasteiger partial charge in [-0.05, 0) is 52.2 Å². The highest BCUT2D eigenvalue weighted by molar-refractivity contribution is 6.01. The summed E-state index contributed by atoms with van der Waals surface area (Å²) in [5.41, 5.74) is 2.80. The molecule has 0 aliphatic rings. The van der Waals surface area contributed by atoms with Crippen molar-refractivity contribution in [3.05, 3.63) is 108 Å². The molecule has 156 valence electrons. The van der Waals surface area contributed by atoms with Crippen molar-refractivity contribution < 1.29 is 14.3 Å². The SMILES string of the molecule is COc1cccc(C(c2cccc(OC)c2)C(C)C(=O)c2ccc3ccccc3c2)c1. The zero-order valence-electron chi connectivity index (χ0n) is 18.0. The Morgan fingerprint density at radius 3 is 1.84 bits per heavy atom. The molecule has 0 amide bonds. The van der Waals surface area contributed by atoms with Crippen molar-refractivity contribution in [3.8, 4) is 11.5 Å². The molecule has 1 atom stereocenters. The summed E-state index contributed by atoms with van der Waals surface area (Å²) in [6, 6.07) is 29.9. The predicted octanol–water partition coefficient (Wildman–Crippen LogP) is 6.51. The first-order valence-corrected chi connectivity index (χ1v) is 10.4. The average Bonchev–Trinajstić information content (AvgIpc) is 2.83. The van der Waals surface area contributed by atoms with Gasteiger partial charge in [-0.25, -0.2) is 0 Å². The van der Waals surface area contributed by atoms with Gasteiger partial charge in [-0.2, -0.15) is 0 Å². The molecule has 0 saturated carbocycles. The molecule has 0 aromatic heterocycles. The van der Waals surface area contributed by atoms with E-state index in [4.69, 9.17) is 9.47 Å². The molecule has 4 rings (SSSR count). The van der Waals surface area contributed by atoms with E-state index in [1.807, 2.05) is 79.7 Å². The summed E-state index contributed by atoms with van der Waals surface area (Å²) in [4.78, 5) is 13.6. The lowest BCUT2D eigenvalue weighted by Crippen LogP contribution is -2.21. The van der Waals surface area contributed by atoms with Crippen LogP contribution in [0.3, 0.4) is 0 Å². The monoisotopic (exact) mass is 410 g/mol. The topological polar surface area (TPSA) is 35.5 Å². The minimum Gasteiger partial charge on any atom is -0.497 e. The first kappa shape index (κ1) is 20.7. The molecule has 0 radical (unpaired) electrons. The third kappa shape index (κ3) is 4.31. The predicted molar refractivity (Wildman–Crippen MR) is 125 cm³/mol. The Labute approximate surface area is 183 Å². The third-order valence-corrected chi connectivity index (χ3v) is 5.85. The lowest BCUT2D eigenvalue weighted by Gasteiger charge is -2.25. The van der Waals surface area contributed by atoms with E-state index in [0.717, 1.165) is 39.0 Å². The lowest BCUT2D eigenvalue weighted by atomic mass is 9.78. The van der Waals surface area contributed by atoms with Gasteiger partial charge in [-0.15, -0.1) is 0 Å². The molecular weight excluding hydrogens is 384 g/mol. The van der Waals surface area contributed by atoms with Gasteiger partial charge in [0.1, 0.15) is 11.5 Å². The molecule has 0 aliphatic carbocycles. The van der Waals surface area contributed by atoms with Crippen LogP contribution in [0.4, 0.5) is 0 Å².